The number of carbonyl (C=O) groups is 2. The molecule has 3 heteroatoms. The molecule has 17 heavy (non-hydrogen) atoms. The number of rotatable bonds is 1. The van der Waals surface area contributed by atoms with Gasteiger partial charge in [-0.1, -0.05) is 25.8 Å². The van der Waals surface area contributed by atoms with Gasteiger partial charge >= 0.3 is 0 Å². The van der Waals surface area contributed by atoms with Crippen molar-refractivity contribution < 1.29 is 9.59 Å². The lowest BCUT2D eigenvalue weighted by molar-refractivity contribution is -0.122. The molecule has 1 saturated heterocycles. The van der Waals surface area contributed by atoms with Crippen LogP contribution in [0.15, 0.2) is 24.3 Å². The number of hydrogen-bond donors (Lipinski definition) is 0. The fraction of sp³-hybridized carbons (Fsp3) is 0.286. The lowest BCUT2D eigenvalue weighted by atomic mass is 10.00. The van der Waals surface area contributed by atoms with Crippen LogP contribution in [-0.4, -0.2) is 11.8 Å². The Morgan fingerprint density at radius 1 is 1.18 bits per heavy atom. The van der Waals surface area contributed by atoms with Gasteiger partial charge in [0.2, 0.25) is 11.8 Å². The molecule has 0 aromatic heterocycles. The van der Waals surface area contributed by atoms with Crippen molar-refractivity contribution in [3.63, 3.8) is 0 Å². The molecule has 2 rings (SSSR count). The first-order valence-electron chi connectivity index (χ1n) is 5.50. The molecule has 86 valence electrons. The van der Waals surface area contributed by atoms with Gasteiger partial charge in [-0.3, -0.25) is 14.5 Å². The van der Waals surface area contributed by atoms with Gasteiger partial charge in [-0.05, 0) is 18.2 Å². The fourth-order valence-electron chi connectivity index (χ4n) is 1.93. The van der Waals surface area contributed by atoms with Gasteiger partial charge in [0, 0.05) is 17.4 Å². The van der Waals surface area contributed by atoms with Crippen LogP contribution in [0.1, 0.15) is 19.4 Å². The summed E-state index contributed by atoms with van der Waals surface area (Å²) < 4.78 is 0. The van der Waals surface area contributed by atoms with Crippen LogP contribution in [0, 0.1) is 24.2 Å². The van der Waals surface area contributed by atoms with E-state index in [1.54, 1.807) is 38.1 Å². The van der Waals surface area contributed by atoms with Crippen LogP contribution in [0.2, 0.25) is 0 Å². The third-order valence-corrected chi connectivity index (χ3v) is 3.24. The van der Waals surface area contributed by atoms with Gasteiger partial charge in [0.05, 0.1) is 5.69 Å². The van der Waals surface area contributed by atoms with Crippen molar-refractivity contribution in [2.24, 2.45) is 11.8 Å². The molecule has 2 atom stereocenters. The molecular weight excluding hydrogens is 214 g/mol. The molecule has 1 aromatic carbocycles. The molecule has 0 bridgehead atoms. The van der Waals surface area contributed by atoms with Gasteiger partial charge in [0.25, 0.3) is 0 Å². The number of benzene rings is 1. The minimum absolute atomic E-state index is 0.156. The average molecular weight is 227 g/mol. The fourth-order valence-corrected chi connectivity index (χ4v) is 1.93. The van der Waals surface area contributed by atoms with Gasteiger partial charge in [-0.2, -0.15) is 0 Å². The van der Waals surface area contributed by atoms with Crippen LogP contribution < -0.4 is 4.90 Å². The Bertz CT molecular complexity index is 507. The summed E-state index contributed by atoms with van der Waals surface area (Å²) in [6, 6.07) is 6.92. The number of amides is 2. The number of anilines is 1. The third kappa shape index (κ3) is 1.72. The Hall–Kier alpha value is -2.08. The van der Waals surface area contributed by atoms with E-state index in [2.05, 4.69) is 5.92 Å². The highest BCUT2D eigenvalue weighted by molar-refractivity contribution is 6.21. The zero-order valence-corrected chi connectivity index (χ0v) is 9.81. The maximum Gasteiger partial charge on any atom is 0.237 e. The van der Waals surface area contributed by atoms with Crippen LogP contribution in [-0.2, 0) is 9.59 Å². The smallest absolute Gasteiger partial charge is 0.237 e. The molecule has 1 heterocycles. The zero-order chi connectivity index (χ0) is 12.6. The molecule has 0 aliphatic carbocycles. The molecule has 3 nitrogen and oxygen atoms in total. The highest BCUT2D eigenvalue weighted by Gasteiger charge is 2.42. The lowest BCUT2D eigenvalue weighted by Crippen LogP contribution is -2.30. The van der Waals surface area contributed by atoms with E-state index >= 15 is 0 Å². The predicted molar refractivity (Wildman–Crippen MR) is 65.2 cm³/mol. The van der Waals surface area contributed by atoms with Crippen molar-refractivity contribution in [1.29, 1.82) is 0 Å². The first-order valence-corrected chi connectivity index (χ1v) is 5.50. The molecule has 0 N–H and O–H groups in total. The van der Waals surface area contributed by atoms with Crippen LogP contribution in [0.25, 0.3) is 0 Å². The van der Waals surface area contributed by atoms with E-state index in [0.717, 1.165) is 0 Å². The molecule has 1 aliphatic rings. The second-order valence-electron chi connectivity index (χ2n) is 4.28. The highest BCUT2D eigenvalue weighted by Crippen LogP contribution is 2.30. The lowest BCUT2D eigenvalue weighted by Gasteiger charge is -2.14. The predicted octanol–water partition coefficient (Wildman–Crippen LogP) is 1.81. The summed E-state index contributed by atoms with van der Waals surface area (Å²) >= 11 is 0. The van der Waals surface area contributed by atoms with Crippen LogP contribution >= 0.6 is 0 Å². The molecule has 1 fully saturated rings. The minimum Gasteiger partial charge on any atom is -0.274 e. The van der Waals surface area contributed by atoms with Gasteiger partial charge in [0.1, 0.15) is 0 Å². The molecule has 1 aliphatic heterocycles. The van der Waals surface area contributed by atoms with E-state index in [1.807, 2.05) is 0 Å². The van der Waals surface area contributed by atoms with Gasteiger partial charge in [-0.25, -0.2) is 0 Å². The van der Waals surface area contributed by atoms with Crippen molar-refractivity contribution in [2.45, 2.75) is 13.8 Å². The van der Waals surface area contributed by atoms with Crippen molar-refractivity contribution in [2.75, 3.05) is 4.90 Å². The Morgan fingerprint density at radius 2 is 1.76 bits per heavy atom. The zero-order valence-electron chi connectivity index (χ0n) is 9.81. The molecule has 0 spiro atoms. The van der Waals surface area contributed by atoms with Gasteiger partial charge in [0.15, 0.2) is 0 Å². The molecule has 0 radical (unpaired) electrons. The summed E-state index contributed by atoms with van der Waals surface area (Å²) in [6.45, 7) is 3.55. The number of carbonyl (C=O) groups excluding carboxylic acids is 2. The van der Waals surface area contributed by atoms with E-state index < -0.39 is 0 Å². The Kier molecular flexibility index (Phi) is 2.72. The van der Waals surface area contributed by atoms with Crippen molar-refractivity contribution in [3.8, 4) is 12.3 Å². The van der Waals surface area contributed by atoms with Crippen molar-refractivity contribution >= 4 is 17.5 Å². The normalized spacial score (nSPS) is 23.9. The van der Waals surface area contributed by atoms with E-state index in [-0.39, 0.29) is 23.7 Å². The topological polar surface area (TPSA) is 37.4 Å². The highest BCUT2D eigenvalue weighted by atomic mass is 16.2. The maximum absolute atomic E-state index is 12.0. The van der Waals surface area contributed by atoms with E-state index in [0.29, 0.717) is 11.3 Å². The monoisotopic (exact) mass is 227 g/mol. The third-order valence-electron chi connectivity index (χ3n) is 3.24. The Labute approximate surface area is 100 Å². The standard InChI is InChI=1S/C14H13NO2/c1-4-11-6-5-7-12(8-11)15-13(16)9(2)10(3)14(15)17/h1,5-10H,2-3H3. The molecule has 2 unspecified atom stereocenters. The van der Waals surface area contributed by atoms with Crippen molar-refractivity contribution in [3.05, 3.63) is 29.8 Å². The second kappa shape index (κ2) is 4.06. The number of hydrogen-bond acceptors (Lipinski definition) is 2. The van der Waals surface area contributed by atoms with E-state index in [1.165, 1.54) is 4.90 Å². The summed E-state index contributed by atoms with van der Waals surface area (Å²) in [6.07, 6.45) is 5.30. The summed E-state index contributed by atoms with van der Waals surface area (Å²) in [5.41, 5.74) is 1.22. The maximum atomic E-state index is 12.0. The van der Waals surface area contributed by atoms with Crippen LogP contribution in [0.5, 0.6) is 0 Å². The summed E-state index contributed by atoms with van der Waals surface area (Å²) in [4.78, 5) is 25.2. The summed E-state index contributed by atoms with van der Waals surface area (Å²) in [5, 5.41) is 0. The van der Waals surface area contributed by atoms with E-state index in [9.17, 15) is 9.59 Å². The summed E-state index contributed by atoms with van der Waals surface area (Å²) in [5.74, 6) is 1.65. The van der Waals surface area contributed by atoms with Crippen LogP contribution in [0.3, 0.4) is 0 Å². The van der Waals surface area contributed by atoms with Gasteiger partial charge in [-0.15, -0.1) is 6.42 Å². The summed E-state index contributed by atoms with van der Waals surface area (Å²) in [7, 11) is 0. The van der Waals surface area contributed by atoms with E-state index in [4.69, 9.17) is 6.42 Å². The van der Waals surface area contributed by atoms with Crippen LogP contribution in [0.4, 0.5) is 5.69 Å². The minimum atomic E-state index is -0.267. The Balaban J connectivity index is 2.44. The average Bonchev–Trinajstić information content (AvgIpc) is 2.54. The molecule has 0 saturated carbocycles. The number of imide groups is 1. The molecular formula is C14H13NO2. The first-order chi connectivity index (χ1) is 8.06. The second-order valence-corrected chi connectivity index (χ2v) is 4.28. The molecule has 2 amide bonds. The SMILES string of the molecule is C#Cc1cccc(N2C(=O)C(C)C(C)C2=O)c1. The Morgan fingerprint density at radius 3 is 2.29 bits per heavy atom. The van der Waals surface area contributed by atoms with Gasteiger partial charge < -0.3 is 0 Å². The number of terminal acetylenes is 1. The number of nitrogens with zero attached hydrogens (tertiary/aromatic N) is 1. The largest absolute Gasteiger partial charge is 0.274 e. The molecule has 1 aromatic rings. The van der Waals surface area contributed by atoms with Crippen molar-refractivity contribution in [1.82, 2.24) is 0 Å². The first kappa shape index (κ1) is 11.4. The quantitative estimate of drug-likeness (QED) is 0.542.